The molecule has 0 amide bonds. The van der Waals surface area contributed by atoms with Gasteiger partial charge in [0.1, 0.15) is 6.10 Å². The van der Waals surface area contributed by atoms with Gasteiger partial charge in [-0.25, -0.2) is 0 Å². The predicted molar refractivity (Wildman–Crippen MR) is 73.8 cm³/mol. The third-order valence-electron chi connectivity index (χ3n) is 2.41. The number of esters is 2. The molecule has 1 rings (SSSR count). The van der Waals surface area contributed by atoms with Crippen LogP contribution in [0.5, 0.6) is 0 Å². The second-order valence-corrected chi connectivity index (χ2v) is 4.22. The molecule has 1 heterocycles. The maximum atomic E-state index is 10.7. The summed E-state index contributed by atoms with van der Waals surface area (Å²) in [5.74, 6) is 0.0279. The summed E-state index contributed by atoms with van der Waals surface area (Å²) in [7, 11) is 1.35. The summed E-state index contributed by atoms with van der Waals surface area (Å²) in [6.07, 6.45) is 0.914. The summed E-state index contributed by atoms with van der Waals surface area (Å²) < 4.78 is 14.6. The van der Waals surface area contributed by atoms with Gasteiger partial charge < -0.3 is 14.2 Å². The highest BCUT2D eigenvalue weighted by molar-refractivity contribution is 5.66. The lowest BCUT2D eigenvalue weighted by Gasteiger charge is -2.32. The fourth-order valence-electron chi connectivity index (χ4n) is 1.44. The molecular weight excluding hydrogens is 248 g/mol. The molecule has 0 aromatic heterocycles. The minimum atomic E-state index is -0.245. The van der Waals surface area contributed by atoms with Crippen molar-refractivity contribution in [2.45, 2.75) is 60.2 Å². The van der Waals surface area contributed by atoms with Crippen molar-refractivity contribution in [2.75, 3.05) is 13.7 Å². The summed E-state index contributed by atoms with van der Waals surface area (Å²) in [5, 5.41) is 0. The summed E-state index contributed by atoms with van der Waals surface area (Å²) in [6.45, 7) is 11.6. The van der Waals surface area contributed by atoms with Crippen molar-refractivity contribution in [3.8, 4) is 0 Å². The van der Waals surface area contributed by atoms with E-state index in [1.807, 2.05) is 20.8 Å². The van der Waals surface area contributed by atoms with Gasteiger partial charge in [0, 0.05) is 20.5 Å². The standard InChI is InChI=1S/C9H16O3.C3H6O2.C2H6/c1-6-4-9(12-8(3)10)7(2)11-5-6;1-3(4)5-2;1-2/h6-7,9H,4-5H2,1-3H3;1-2H3;1-2H3/t6-,7?,9?;;/m0../s1. The average Bonchev–Trinajstić information content (AvgIpc) is 2.36. The molecule has 0 aliphatic carbocycles. The number of methoxy groups -OCH3 is 1. The van der Waals surface area contributed by atoms with Crippen molar-refractivity contribution >= 4 is 11.9 Å². The molecule has 5 nitrogen and oxygen atoms in total. The summed E-state index contributed by atoms with van der Waals surface area (Å²) in [4.78, 5) is 20.3. The number of carbonyl (C=O) groups excluding carboxylic acids is 2. The molecule has 2 unspecified atom stereocenters. The fraction of sp³-hybridized carbons (Fsp3) is 0.857. The third kappa shape index (κ3) is 11.7. The first-order chi connectivity index (χ1) is 8.86. The summed E-state index contributed by atoms with van der Waals surface area (Å²) >= 11 is 0. The number of hydrogen-bond acceptors (Lipinski definition) is 5. The van der Waals surface area contributed by atoms with Crippen molar-refractivity contribution < 1.29 is 23.8 Å². The molecule has 0 N–H and O–H groups in total. The van der Waals surface area contributed by atoms with Crippen LogP contribution in [0, 0.1) is 5.92 Å². The first-order valence-electron chi connectivity index (χ1n) is 6.70. The summed E-state index contributed by atoms with van der Waals surface area (Å²) in [6, 6.07) is 0. The molecule has 1 saturated heterocycles. The zero-order valence-electron chi connectivity index (χ0n) is 13.2. The van der Waals surface area contributed by atoms with Gasteiger partial charge >= 0.3 is 11.9 Å². The Bertz CT molecular complexity index is 252. The van der Waals surface area contributed by atoms with Gasteiger partial charge in [-0.05, 0) is 19.3 Å². The lowest BCUT2D eigenvalue weighted by Crippen LogP contribution is -2.38. The van der Waals surface area contributed by atoms with Gasteiger partial charge in [0.15, 0.2) is 0 Å². The maximum absolute atomic E-state index is 10.7. The Morgan fingerprint density at radius 1 is 1.11 bits per heavy atom. The van der Waals surface area contributed by atoms with Gasteiger partial charge in [-0.1, -0.05) is 20.8 Å². The van der Waals surface area contributed by atoms with E-state index in [0.29, 0.717) is 5.92 Å². The molecule has 0 aromatic carbocycles. The normalized spacial score (nSPS) is 24.9. The lowest BCUT2D eigenvalue weighted by molar-refractivity contribution is -0.163. The van der Waals surface area contributed by atoms with E-state index in [-0.39, 0.29) is 24.1 Å². The van der Waals surface area contributed by atoms with E-state index >= 15 is 0 Å². The average molecular weight is 276 g/mol. The quantitative estimate of drug-likeness (QED) is 0.689. The van der Waals surface area contributed by atoms with Crippen LogP contribution in [0.4, 0.5) is 0 Å². The topological polar surface area (TPSA) is 61.8 Å². The number of ether oxygens (including phenoxy) is 3. The van der Waals surface area contributed by atoms with Crippen molar-refractivity contribution in [3.63, 3.8) is 0 Å². The van der Waals surface area contributed by atoms with Crippen molar-refractivity contribution in [1.82, 2.24) is 0 Å². The van der Waals surface area contributed by atoms with Crippen LogP contribution in [0.25, 0.3) is 0 Å². The predicted octanol–water partition coefficient (Wildman–Crippen LogP) is 2.57. The summed E-state index contributed by atoms with van der Waals surface area (Å²) in [5.41, 5.74) is 0. The molecule has 0 spiro atoms. The van der Waals surface area contributed by atoms with Gasteiger partial charge in [0.2, 0.25) is 0 Å². The largest absolute Gasteiger partial charge is 0.469 e. The highest BCUT2D eigenvalue weighted by atomic mass is 16.6. The second-order valence-electron chi connectivity index (χ2n) is 4.22. The third-order valence-corrected chi connectivity index (χ3v) is 2.41. The van der Waals surface area contributed by atoms with Crippen molar-refractivity contribution in [2.24, 2.45) is 5.92 Å². The van der Waals surface area contributed by atoms with Crippen molar-refractivity contribution in [1.29, 1.82) is 0 Å². The molecule has 5 heteroatoms. The van der Waals surface area contributed by atoms with Gasteiger partial charge in [0.05, 0.1) is 13.2 Å². The number of carbonyl (C=O) groups is 2. The SMILES string of the molecule is CC.CC(=O)OC1C[C@H](C)COC1C.COC(C)=O. The Labute approximate surface area is 116 Å². The van der Waals surface area contributed by atoms with Gasteiger partial charge in [-0.2, -0.15) is 0 Å². The van der Waals surface area contributed by atoms with Crippen LogP contribution in [0.2, 0.25) is 0 Å². The Hall–Kier alpha value is -1.10. The van der Waals surface area contributed by atoms with Crippen LogP contribution in [0.1, 0.15) is 48.0 Å². The molecule has 19 heavy (non-hydrogen) atoms. The van der Waals surface area contributed by atoms with Gasteiger partial charge in [-0.3, -0.25) is 9.59 Å². The molecule has 1 aliphatic heterocycles. The smallest absolute Gasteiger partial charge is 0.302 e. The van der Waals surface area contributed by atoms with Crippen LogP contribution in [0.3, 0.4) is 0 Å². The number of hydrogen-bond donors (Lipinski definition) is 0. The number of rotatable bonds is 1. The van der Waals surface area contributed by atoms with Crippen molar-refractivity contribution in [3.05, 3.63) is 0 Å². The minimum Gasteiger partial charge on any atom is -0.469 e. The van der Waals surface area contributed by atoms with E-state index < -0.39 is 0 Å². The fourth-order valence-corrected chi connectivity index (χ4v) is 1.44. The minimum absolute atomic E-state index is 0.0464. The zero-order valence-corrected chi connectivity index (χ0v) is 13.2. The monoisotopic (exact) mass is 276 g/mol. The van der Waals surface area contributed by atoms with E-state index in [1.54, 1.807) is 0 Å². The van der Waals surface area contributed by atoms with E-state index in [4.69, 9.17) is 9.47 Å². The highest BCUT2D eigenvalue weighted by Gasteiger charge is 2.28. The lowest BCUT2D eigenvalue weighted by atomic mass is 9.98. The molecule has 0 aromatic rings. The first-order valence-corrected chi connectivity index (χ1v) is 6.70. The van der Waals surface area contributed by atoms with E-state index in [9.17, 15) is 9.59 Å². The Morgan fingerprint density at radius 2 is 1.58 bits per heavy atom. The van der Waals surface area contributed by atoms with Gasteiger partial charge in [0.25, 0.3) is 0 Å². The maximum Gasteiger partial charge on any atom is 0.302 e. The zero-order chi connectivity index (χ0) is 15.4. The molecule has 114 valence electrons. The Kier molecular flexibility index (Phi) is 12.7. The molecule has 3 atom stereocenters. The first kappa shape index (κ1) is 20.2. The Balaban J connectivity index is 0. The molecule has 0 bridgehead atoms. The molecule has 0 saturated carbocycles. The van der Waals surface area contributed by atoms with E-state index in [1.165, 1.54) is 21.0 Å². The molecular formula is C14H28O5. The molecule has 0 radical (unpaired) electrons. The molecule has 1 fully saturated rings. The van der Waals surface area contributed by atoms with Crippen LogP contribution in [0.15, 0.2) is 0 Å². The van der Waals surface area contributed by atoms with E-state index in [0.717, 1.165) is 13.0 Å². The van der Waals surface area contributed by atoms with Crippen LogP contribution in [-0.2, 0) is 23.8 Å². The van der Waals surface area contributed by atoms with Crippen LogP contribution < -0.4 is 0 Å². The molecule has 1 aliphatic rings. The Morgan fingerprint density at radius 3 is 1.95 bits per heavy atom. The second kappa shape index (κ2) is 12.0. The van der Waals surface area contributed by atoms with Crippen LogP contribution >= 0.6 is 0 Å². The van der Waals surface area contributed by atoms with Crippen LogP contribution in [-0.4, -0.2) is 37.9 Å². The highest BCUT2D eigenvalue weighted by Crippen LogP contribution is 2.21. The van der Waals surface area contributed by atoms with Gasteiger partial charge in [-0.15, -0.1) is 0 Å². The van der Waals surface area contributed by atoms with E-state index in [2.05, 4.69) is 11.7 Å².